The summed E-state index contributed by atoms with van der Waals surface area (Å²) in [4.78, 5) is 12.1. The molecule has 1 rings (SSSR count). The van der Waals surface area contributed by atoms with E-state index in [0.717, 1.165) is 6.07 Å². The maximum Gasteiger partial charge on any atom is 0.251 e. The number of hydrogen-bond acceptors (Lipinski definition) is 3. The van der Waals surface area contributed by atoms with Crippen molar-refractivity contribution >= 4 is 11.6 Å². The molecule has 4 nitrogen and oxygen atoms in total. The number of aliphatic hydroxyl groups is 1. The average Bonchev–Trinajstić information content (AvgIpc) is 2.41. The first-order chi connectivity index (χ1) is 8.89. The molecule has 5 heteroatoms. The lowest BCUT2D eigenvalue weighted by atomic mass is 9.93. The van der Waals surface area contributed by atoms with Crippen LogP contribution in [0, 0.1) is 12.7 Å². The monoisotopic (exact) mass is 268 g/mol. The minimum Gasteiger partial charge on any atom is -0.398 e. The standard InChI is InChI=1S/C14H21FN2O2/c1-4-14(5-2,8-18)17-13(19)10-6-11(15)9(3)12(16)7-10/h6-7,18H,4-5,8,16H2,1-3H3,(H,17,19). The maximum atomic E-state index is 13.6. The number of nitrogen functional groups attached to an aromatic ring is 1. The van der Waals surface area contributed by atoms with E-state index in [4.69, 9.17) is 5.73 Å². The zero-order valence-electron chi connectivity index (χ0n) is 11.6. The summed E-state index contributed by atoms with van der Waals surface area (Å²) in [5.74, 6) is -0.934. The van der Waals surface area contributed by atoms with E-state index in [0.29, 0.717) is 18.4 Å². The lowest BCUT2D eigenvalue weighted by Gasteiger charge is -2.30. The fourth-order valence-electron chi connectivity index (χ4n) is 1.83. The number of aliphatic hydroxyl groups excluding tert-OH is 1. The van der Waals surface area contributed by atoms with Gasteiger partial charge in [0.2, 0.25) is 0 Å². The summed E-state index contributed by atoms with van der Waals surface area (Å²) in [7, 11) is 0. The van der Waals surface area contributed by atoms with Gasteiger partial charge in [-0.1, -0.05) is 13.8 Å². The summed E-state index contributed by atoms with van der Waals surface area (Å²) in [5.41, 5.74) is 5.72. The Morgan fingerprint density at radius 3 is 2.42 bits per heavy atom. The van der Waals surface area contributed by atoms with Crippen LogP contribution in [-0.2, 0) is 0 Å². The molecular formula is C14H21FN2O2. The zero-order valence-corrected chi connectivity index (χ0v) is 11.6. The molecule has 0 atom stereocenters. The highest BCUT2D eigenvalue weighted by Gasteiger charge is 2.27. The van der Waals surface area contributed by atoms with Crippen molar-refractivity contribution in [2.45, 2.75) is 39.2 Å². The second-order valence-corrected chi connectivity index (χ2v) is 4.77. The number of amides is 1. The largest absolute Gasteiger partial charge is 0.398 e. The van der Waals surface area contributed by atoms with Crippen molar-refractivity contribution in [1.29, 1.82) is 0 Å². The number of hydrogen-bond donors (Lipinski definition) is 3. The summed E-state index contributed by atoms with van der Waals surface area (Å²) in [6.45, 7) is 5.16. The third-order valence-corrected chi connectivity index (χ3v) is 3.68. The van der Waals surface area contributed by atoms with Crippen molar-refractivity contribution in [2.24, 2.45) is 0 Å². The first kappa shape index (κ1) is 15.4. The van der Waals surface area contributed by atoms with Crippen LogP contribution in [0.2, 0.25) is 0 Å². The van der Waals surface area contributed by atoms with Crippen molar-refractivity contribution in [3.8, 4) is 0 Å². The molecule has 0 heterocycles. The minimum atomic E-state index is -0.673. The van der Waals surface area contributed by atoms with E-state index >= 15 is 0 Å². The molecule has 0 fully saturated rings. The highest BCUT2D eigenvalue weighted by molar-refractivity contribution is 5.95. The van der Waals surface area contributed by atoms with Crippen molar-refractivity contribution in [3.05, 3.63) is 29.1 Å². The van der Waals surface area contributed by atoms with Gasteiger partial charge >= 0.3 is 0 Å². The molecule has 0 saturated heterocycles. The molecule has 0 aliphatic heterocycles. The molecule has 1 aromatic rings. The van der Waals surface area contributed by atoms with Gasteiger partial charge in [0, 0.05) is 16.8 Å². The van der Waals surface area contributed by atoms with Gasteiger partial charge in [0.25, 0.3) is 5.91 Å². The van der Waals surface area contributed by atoms with Gasteiger partial charge in [0.15, 0.2) is 0 Å². The van der Waals surface area contributed by atoms with Crippen LogP contribution in [0.4, 0.5) is 10.1 Å². The molecule has 0 unspecified atom stereocenters. The average molecular weight is 268 g/mol. The Morgan fingerprint density at radius 1 is 1.42 bits per heavy atom. The normalized spacial score (nSPS) is 11.4. The number of rotatable bonds is 5. The van der Waals surface area contributed by atoms with Crippen molar-refractivity contribution < 1.29 is 14.3 Å². The van der Waals surface area contributed by atoms with Crippen LogP contribution in [0.15, 0.2) is 12.1 Å². The molecule has 106 valence electrons. The van der Waals surface area contributed by atoms with E-state index in [9.17, 15) is 14.3 Å². The fourth-order valence-corrected chi connectivity index (χ4v) is 1.83. The molecular weight excluding hydrogens is 247 g/mol. The summed E-state index contributed by atoms with van der Waals surface area (Å²) in [6.07, 6.45) is 1.19. The quantitative estimate of drug-likeness (QED) is 0.715. The third-order valence-electron chi connectivity index (χ3n) is 3.68. The molecule has 1 aromatic carbocycles. The Labute approximate surface area is 112 Å². The highest BCUT2D eigenvalue weighted by atomic mass is 19.1. The second-order valence-electron chi connectivity index (χ2n) is 4.77. The lowest BCUT2D eigenvalue weighted by Crippen LogP contribution is -2.50. The third kappa shape index (κ3) is 3.23. The van der Waals surface area contributed by atoms with Crippen molar-refractivity contribution in [2.75, 3.05) is 12.3 Å². The van der Waals surface area contributed by atoms with E-state index in [1.807, 2.05) is 13.8 Å². The van der Waals surface area contributed by atoms with E-state index in [1.54, 1.807) is 6.92 Å². The van der Waals surface area contributed by atoms with E-state index in [-0.39, 0.29) is 17.9 Å². The first-order valence-corrected chi connectivity index (χ1v) is 6.38. The molecule has 0 radical (unpaired) electrons. The Balaban J connectivity index is 3.01. The smallest absolute Gasteiger partial charge is 0.251 e. The summed E-state index contributed by atoms with van der Waals surface area (Å²) < 4.78 is 13.6. The predicted octanol–water partition coefficient (Wildman–Crippen LogP) is 2.00. The zero-order chi connectivity index (χ0) is 14.6. The van der Waals surface area contributed by atoms with Gasteiger partial charge in [0.1, 0.15) is 5.82 Å². The van der Waals surface area contributed by atoms with Crippen molar-refractivity contribution in [1.82, 2.24) is 5.32 Å². The van der Waals surface area contributed by atoms with Crippen LogP contribution in [0.3, 0.4) is 0 Å². The second kappa shape index (κ2) is 6.02. The molecule has 0 aromatic heterocycles. The SMILES string of the molecule is CCC(CC)(CO)NC(=O)c1cc(N)c(C)c(F)c1. The number of nitrogens with one attached hydrogen (secondary N) is 1. The summed E-state index contributed by atoms with van der Waals surface area (Å²) in [6, 6.07) is 2.61. The van der Waals surface area contributed by atoms with Crippen LogP contribution in [-0.4, -0.2) is 23.2 Å². The van der Waals surface area contributed by atoms with Gasteiger partial charge in [-0.15, -0.1) is 0 Å². The number of benzene rings is 1. The van der Waals surface area contributed by atoms with Gasteiger partial charge < -0.3 is 16.2 Å². The minimum absolute atomic E-state index is 0.157. The lowest BCUT2D eigenvalue weighted by molar-refractivity contribution is 0.0817. The molecule has 0 aliphatic carbocycles. The fraction of sp³-hybridized carbons (Fsp3) is 0.500. The molecule has 0 spiro atoms. The molecule has 19 heavy (non-hydrogen) atoms. The Hall–Kier alpha value is -1.62. The van der Waals surface area contributed by atoms with Crippen LogP contribution >= 0.6 is 0 Å². The number of carbonyl (C=O) groups excluding carboxylic acids is 1. The summed E-state index contributed by atoms with van der Waals surface area (Å²) >= 11 is 0. The molecule has 1 amide bonds. The van der Waals surface area contributed by atoms with E-state index in [1.165, 1.54) is 6.07 Å². The highest BCUT2D eigenvalue weighted by Crippen LogP contribution is 2.20. The Morgan fingerprint density at radius 2 is 2.00 bits per heavy atom. The van der Waals surface area contributed by atoms with Crippen LogP contribution in [0.25, 0.3) is 0 Å². The molecule has 0 saturated carbocycles. The van der Waals surface area contributed by atoms with Crippen LogP contribution < -0.4 is 11.1 Å². The van der Waals surface area contributed by atoms with Gasteiger partial charge in [-0.2, -0.15) is 0 Å². The summed E-state index contributed by atoms with van der Waals surface area (Å²) in [5, 5.41) is 12.2. The topological polar surface area (TPSA) is 75.3 Å². The number of nitrogens with two attached hydrogens (primary N) is 1. The van der Waals surface area contributed by atoms with E-state index in [2.05, 4.69) is 5.32 Å². The molecule has 4 N–H and O–H groups in total. The van der Waals surface area contributed by atoms with Crippen molar-refractivity contribution in [3.63, 3.8) is 0 Å². The maximum absolute atomic E-state index is 13.6. The molecule has 0 bridgehead atoms. The molecule has 0 aliphatic rings. The number of anilines is 1. The predicted molar refractivity (Wildman–Crippen MR) is 73.4 cm³/mol. The Kier molecular flexibility index (Phi) is 4.89. The van der Waals surface area contributed by atoms with Gasteiger partial charge in [-0.25, -0.2) is 4.39 Å². The number of carbonyl (C=O) groups is 1. The van der Waals surface area contributed by atoms with E-state index < -0.39 is 17.3 Å². The number of halogens is 1. The van der Waals surface area contributed by atoms with Crippen LogP contribution in [0.1, 0.15) is 42.6 Å². The first-order valence-electron chi connectivity index (χ1n) is 6.38. The van der Waals surface area contributed by atoms with Crippen LogP contribution in [0.5, 0.6) is 0 Å². The Bertz CT molecular complexity index is 439. The van der Waals surface area contributed by atoms with Gasteiger partial charge in [-0.05, 0) is 31.9 Å². The van der Waals surface area contributed by atoms with Gasteiger partial charge in [-0.3, -0.25) is 4.79 Å². The van der Waals surface area contributed by atoms with Gasteiger partial charge in [0.05, 0.1) is 12.1 Å².